The van der Waals surface area contributed by atoms with E-state index >= 15 is 0 Å². The first kappa shape index (κ1) is 24.1. The monoisotopic (exact) mass is 373 g/mol. The van der Waals surface area contributed by atoms with Crippen molar-refractivity contribution in [3.63, 3.8) is 0 Å². The van der Waals surface area contributed by atoms with E-state index in [2.05, 4.69) is 48.3 Å². The summed E-state index contributed by atoms with van der Waals surface area (Å²) in [6.07, 6.45) is 35.9. The highest BCUT2D eigenvalue weighted by atomic mass is 14.9. The molecule has 156 valence electrons. The normalized spacial score (nSPS) is 11.6. The number of allylic oxidation sites excluding steroid dienone is 1. The number of unbranched alkanes of at least 4 members (excludes halogenated alkanes) is 18. The number of nitrogens with zero attached hydrogens (tertiary/aromatic N) is 1. The van der Waals surface area contributed by atoms with E-state index in [1.54, 1.807) is 0 Å². The van der Waals surface area contributed by atoms with Crippen LogP contribution in [0.4, 0.5) is 0 Å². The van der Waals surface area contributed by atoms with Gasteiger partial charge in [0.15, 0.2) is 0 Å². The highest BCUT2D eigenvalue weighted by Crippen LogP contribution is 2.14. The molecule has 0 atom stereocenters. The fraction of sp³-hybridized carbons (Fsp3) is 0.769. The van der Waals surface area contributed by atoms with Crippen molar-refractivity contribution in [1.29, 1.82) is 0 Å². The maximum absolute atomic E-state index is 2.30. The van der Waals surface area contributed by atoms with E-state index in [-0.39, 0.29) is 0 Å². The Hall–Kier alpha value is -0.980. The summed E-state index contributed by atoms with van der Waals surface area (Å²) in [5.74, 6) is 0. The smallest absolute Gasteiger partial charge is 0.00823 e. The highest BCUT2D eigenvalue weighted by molar-refractivity contribution is 5.22. The van der Waals surface area contributed by atoms with Gasteiger partial charge in [0.1, 0.15) is 0 Å². The lowest BCUT2D eigenvalue weighted by Gasteiger charge is -2.03. The zero-order valence-electron chi connectivity index (χ0n) is 18.3. The van der Waals surface area contributed by atoms with Gasteiger partial charge in [-0.05, 0) is 25.0 Å². The average molecular weight is 374 g/mol. The summed E-state index contributed by atoms with van der Waals surface area (Å²) in [6.45, 7) is 2.30. The molecule has 0 aromatic carbocycles. The summed E-state index contributed by atoms with van der Waals surface area (Å²) in [5, 5.41) is 0. The molecule has 0 unspecified atom stereocenters. The average Bonchev–Trinajstić information content (AvgIpc) is 3.20. The number of rotatable bonds is 20. The molecule has 1 heteroatoms. The molecule has 0 aliphatic carbocycles. The molecule has 0 spiro atoms. The molecule has 0 aliphatic heterocycles. The minimum atomic E-state index is 1.22. The molecular weight excluding hydrogens is 326 g/mol. The minimum absolute atomic E-state index is 1.22. The van der Waals surface area contributed by atoms with Gasteiger partial charge in [0.2, 0.25) is 0 Å². The van der Waals surface area contributed by atoms with Crippen molar-refractivity contribution in [2.24, 2.45) is 0 Å². The Morgan fingerprint density at radius 3 is 1.30 bits per heavy atom. The molecule has 0 saturated heterocycles. The highest BCUT2D eigenvalue weighted by Gasteiger charge is 1.95. The van der Waals surface area contributed by atoms with E-state index in [1.165, 1.54) is 122 Å². The van der Waals surface area contributed by atoms with Crippen LogP contribution >= 0.6 is 0 Å². The number of hydrogen-bond donors (Lipinski definition) is 0. The molecule has 27 heavy (non-hydrogen) atoms. The molecule has 0 fully saturated rings. The summed E-state index contributed by atoms with van der Waals surface area (Å²) in [6, 6.07) is 4.14. The Balaban J connectivity index is 1.67. The Morgan fingerprint density at radius 2 is 0.889 bits per heavy atom. The summed E-state index contributed by atoms with van der Waals surface area (Å²) in [7, 11) is 0. The molecule has 1 nitrogen and oxygen atoms in total. The first-order valence-corrected chi connectivity index (χ1v) is 12.2. The van der Waals surface area contributed by atoms with Crippen LogP contribution in [-0.2, 0) is 0 Å². The van der Waals surface area contributed by atoms with Crippen LogP contribution in [0.2, 0.25) is 0 Å². The second kappa shape index (κ2) is 19.8. The van der Waals surface area contributed by atoms with Gasteiger partial charge < -0.3 is 4.57 Å². The molecule has 1 heterocycles. The van der Waals surface area contributed by atoms with Crippen LogP contribution in [0.5, 0.6) is 0 Å². The Morgan fingerprint density at radius 1 is 0.519 bits per heavy atom. The van der Waals surface area contributed by atoms with Crippen LogP contribution < -0.4 is 0 Å². The lowest BCUT2D eigenvalue weighted by atomic mass is 10.0. The SMILES string of the molecule is CCCCCCCCCCCCCCCCCCCCC=Cn1cccc1. The molecule has 0 aliphatic rings. The molecule has 0 bridgehead atoms. The fourth-order valence-corrected chi connectivity index (χ4v) is 3.81. The Labute approximate surface area is 170 Å². The Kier molecular flexibility index (Phi) is 17.6. The summed E-state index contributed by atoms with van der Waals surface area (Å²) >= 11 is 0. The van der Waals surface area contributed by atoms with Crippen LogP contribution in [0, 0.1) is 0 Å². The maximum atomic E-state index is 2.30. The largest absolute Gasteiger partial charge is 0.331 e. The van der Waals surface area contributed by atoms with E-state index in [0.29, 0.717) is 0 Å². The zero-order valence-corrected chi connectivity index (χ0v) is 18.3. The summed E-state index contributed by atoms with van der Waals surface area (Å²) < 4.78 is 2.12. The third-order valence-electron chi connectivity index (χ3n) is 5.63. The van der Waals surface area contributed by atoms with Gasteiger partial charge in [-0.25, -0.2) is 0 Å². The van der Waals surface area contributed by atoms with E-state index < -0.39 is 0 Å². The second-order valence-electron chi connectivity index (χ2n) is 8.31. The number of aromatic nitrogens is 1. The number of hydrogen-bond acceptors (Lipinski definition) is 0. The van der Waals surface area contributed by atoms with Crippen molar-refractivity contribution in [1.82, 2.24) is 4.57 Å². The van der Waals surface area contributed by atoms with E-state index in [1.807, 2.05) is 0 Å². The van der Waals surface area contributed by atoms with Crippen molar-refractivity contribution < 1.29 is 0 Å². The second-order valence-corrected chi connectivity index (χ2v) is 8.31. The van der Waals surface area contributed by atoms with Gasteiger partial charge in [-0.15, -0.1) is 0 Å². The molecule has 0 amide bonds. The topological polar surface area (TPSA) is 4.93 Å². The van der Waals surface area contributed by atoms with E-state index in [0.717, 1.165) is 0 Å². The molecule has 0 saturated carbocycles. The van der Waals surface area contributed by atoms with E-state index in [9.17, 15) is 0 Å². The van der Waals surface area contributed by atoms with Crippen molar-refractivity contribution in [3.8, 4) is 0 Å². The van der Waals surface area contributed by atoms with Crippen LogP contribution in [0.1, 0.15) is 129 Å². The molecule has 0 N–H and O–H groups in total. The molecule has 1 aromatic rings. The maximum Gasteiger partial charge on any atom is 0.00823 e. The van der Waals surface area contributed by atoms with E-state index in [4.69, 9.17) is 0 Å². The summed E-state index contributed by atoms with van der Waals surface area (Å²) in [5.41, 5.74) is 0. The van der Waals surface area contributed by atoms with Crippen molar-refractivity contribution in [3.05, 3.63) is 30.6 Å². The third kappa shape index (κ3) is 16.9. The Bertz CT molecular complexity index is 404. The van der Waals surface area contributed by atoms with Crippen molar-refractivity contribution in [2.45, 2.75) is 129 Å². The standard InChI is InChI=1S/C26H47N/c1-2-3-4-5-6-7-8-9-10-11-12-13-14-15-16-17-18-19-20-21-24-27-25-22-23-26-27/h21-26H,2-20H2,1H3. The van der Waals surface area contributed by atoms with Gasteiger partial charge in [0.05, 0.1) is 0 Å². The molecule has 1 aromatic heterocycles. The lowest BCUT2D eigenvalue weighted by molar-refractivity contribution is 0.525. The fourth-order valence-electron chi connectivity index (χ4n) is 3.81. The van der Waals surface area contributed by atoms with Gasteiger partial charge in [0, 0.05) is 18.6 Å². The van der Waals surface area contributed by atoms with Gasteiger partial charge in [-0.1, -0.05) is 122 Å². The minimum Gasteiger partial charge on any atom is -0.331 e. The van der Waals surface area contributed by atoms with Crippen LogP contribution in [0.3, 0.4) is 0 Å². The predicted molar refractivity (Wildman–Crippen MR) is 123 cm³/mol. The first-order valence-electron chi connectivity index (χ1n) is 12.2. The molecular formula is C26H47N. The van der Waals surface area contributed by atoms with Gasteiger partial charge >= 0.3 is 0 Å². The molecule has 0 radical (unpaired) electrons. The quantitative estimate of drug-likeness (QED) is 0.201. The van der Waals surface area contributed by atoms with Gasteiger partial charge in [-0.2, -0.15) is 0 Å². The van der Waals surface area contributed by atoms with Crippen LogP contribution in [0.15, 0.2) is 30.6 Å². The van der Waals surface area contributed by atoms with Crippen LogP contribution in [0.25, 0.3) is 6.20 Å². The van der Waals surface area contributed by atoms with Crippen molar-refractivity contribution >= 4 is 6.20 Å². The predicted octanol–water partition coefficient (Wildman–Crippen LogP) is 9.39. The zero-order chi connectivity index (χ0) is 19.3. The summed E-state index contributed by atoms with van der Waals surface area (Å²) in [4.78, 5) is 0. The van der Waals surface area contributed by atoms with Crippen molar-refractivity contribution in [2.75, 3.05) is 0 Å². The molecule has 1 rings (SSSR count). The third-order valence-corrected chi connectivity index (χ3v) is 5.63. The first-order chi connectivity index (χ1) is 13.4. The lowest BCUT2D eigenvalue weighted by Crippen LogP contribution is -1.84. The van der Waals surface area contributed by atoms with Gasteiger partial charge in [-0.3, -0.25) is 0 Å². The van der Waals surface area contributed by atoms with Gasteiger partial charge in [0.25, 0.3) is 0 Å². The van der Waals surface area contributed by atoms with Crippen LogP contribution in [-0.4, -0.2) is 4.57 Å².